The fraction of sp³-hybridized carbons (Fsp3) is 0. The highest BCUT2D eigenvalue weighted by molar-refractivity contribution is 9.10. The van der Waals surface area contributed by atoms with E-state index < -0.39 is 5.97 Å². The zero-order valence-electron chi connectivity index (χ0n) is 9.59. The van der Waals surface area contributed by atoms with Crippen LogP contribution in [0, 0.1) is 11.3 Å². The van der Waals surface area contributed by atoms with E-state index in [4.69, 9.17) is 10.4 Å². The number of carboxylic acid groups (broad SMARTS) is 1. The summed E-state index contributed by atoms with van der Waals surface area (Å²) >= 11 is 3.41. The molecular formula is C13H8BrN3O2. The third-order valence-electron chi connectivity index (χ3n) is 2.46. The largest absolute Gasteiger partial charge is 0.477 e. The fourth-order valence-corrected chi connectivity index (χ4v) is 2.06. The van der Waals surface area contributed by atoms with Gasteiger partial charge in [0.05, 0.1) is 11.9 Å². The van der Waals surface area contributed by atoms with Gasteiger partial charge in [-0.3, -0.25) is 5.10 Å². The third-order valence-corrected chi connectivity index (χ3v) is 3.15. The summed E-state index contributed by atoms with van der Waals surface area (Å²) in [5, 5.41) is 24.3. The topological polar surface area (TPSA) is 89.8 Å². The van der Waals surface area contributed by atoms with Crippen LogP contribution in [-0.4, -0.2) is 21.3 Å². The molecule has 1 heterocycles. The average Bonchev–Trinajstić information content (AvgIpc) is 2.84. The van der Waals surface area contributed by atoms with Crippen molar-refractivity contribution in [3.05, 3.63) is 46.1 Å². The van der Waals surface area contributed by atoms with Gasteiger partial charge in [-0.2, -0.15) is 10.4 Å². The summed E-state index contributed by atoms with van der Waals surface area (Å²) in [5.41, 5.74) is 1.70. The van der Waals surface area contributed by atoms with Gasteiger partial charge in [0.25, 0.3) is 0 Å². The number of aromatic amines is 1. The minimum absolute atomic E-state index is 0.338. The molecule has 1 aromatic heterocycles. The number of rotatable bonds is 3. The summed E-state index contributed by atoms with van der Waals surface area (Å²) < 4.78 is 0.850. The molecule has 0 saturated heterocycles. The van der Waals surface area contributed by atoms with Crippen molar-refractivity contribution < 1.29 is 9.90 Å². The molecule has 0 saturated carbocycles. The van der Waals surface area contributed by atoms with Crippen LogP contribution >= 0.6 is 15.9 Å². The second-order valence-electron chi connectivity index (χ2n) is 3.66. The van der Waals surface area contributed by atoms with E-state index in [1.807, 2.05) is 24.3 Å². The molecule has 0 atom stereocenters. The van der Waals surface area contributed by atoms with Crippen LogP contribution in [0.5, 0.6) is 0 Å². The molecule has 0 amide bonds. The first-order chi connectivity index (χ1) is 9.13. The highest BCUT2D eigenvalue weighted by Crippen LogP contribution is 2.29. The smallest absolute Gasteiger partial charge is 0.346 e. The van der Waals surface area contributed by atoms with Crippen LogP contribution in [-0.2, 0) is 4.79 Å². The SMILES string of the molecule is N#C/C(=C\c1cn[nH]c1-c1ccccc1Br)C(=O)O. The van der Waals surface area contributed by atoms with E-state index in [-0.39, 0.29) is 5.57 Å². The number of aromatic nitrogens is 2. The maximum absolute atomic E-state index is 10.8. The Morgan fingerprint density at radius 2 is 2.21 bits per heavy atom. The van der Waals surface area contributed by atoms with E-state index in [9.17, 15) is 4.79 Å². The van der Waals surface area contributed by atoms with E-state index in [0.717, 1.165) is 10.0 Å². The Bertz CT molecular complexity index is 698. The Hall–Kier alpha value is -2.39. The van der Waals surface area contributed by atoms with Gasteiger partial charge in [0.1, 0.15) is 11.6 Å². The molecular weight excluding hydrogens is 310 g/mol. The molecule has 1 aromatic carbocycles. The zero-order chi connectivity index (χ0) is 13.8. The van der Waals surface area contributed by atoms with Crippen LogP contribution < -0.4 is 0 Å². The molecule has 94 valence electrons. The molecule has 0 aliphatic heterocycles. The number of hydrogen-bond acceptors (Lipinski definition) is 3. The number of H-pyrrole nitrogens is 1. The van der Waals surface area contributed by atoms with Gasteiger partial charge in [-0.15, -0.1) is 0 Å². The first-order valence-corrected chi connectivity index (χ1v) is 6.06. The van der Waals surface area contributed by atoms with Gasteiger partial charge in [-0.25, -0.2) is 4.79 Å². The molecule has 5 nitrogen and oxygen atoms in total. The van der Waals surface area contributed by atoms with Crippen molar-refractivity contribution >= 4 is 28.0 Å². The molecule has 0 radical (unpaired) electrons. The number of nitriles is 1. The fourth-order valence-electron chi connectivity index (χ4n) is 1.58. The Labute approximate surface area is 117 Å². The van der Waals surface area contributed by atoms with Crippen LogP contribution in [0.4, 0.5) is 0 Å². The lowest BCUT2D eigenvalue weighted by Gasteiger charge is -2.02. The van der Waals surface area contributed by atoms with Crippen molar-refractivity contribution in [1.29, 1.82) is 5.26 Å². The maximum atomic E-state index is 10.8. The monoisotopic (exact) mass is 317 g/mol. The van der Waals surface area contributed by atoms with Crippen molar-refractivity contribution in [2.75, 3.05) is 0 Å². The highest BCUT2D eigenvalue weighted by atomic mass is 79.9. The summed E-state index contributed by atoms with van der Waals surface area (Å²) in [6.45, 7) is 0. The Morgan fingerprint density at radius 3 is 2.84 bits per heavy atom. The van der Waals surface area contributed by atoms with Gasteiger partial charge in [0, 0.05) is 15.6 Å². The lowest BCUT2D eigenvalue weighted by atomic mass is 10.1. The number of carboxylic acids is 1. The standard InChI is InChI=1S/C13H8BrN3O2/c14-11-4-2-1-3-10(11)12-9(7-16-17-12)5-8(6-15)13(18)19/h1-5,7H,(H,16,17)(H,18,19)/b8-5+. The minimum Gasteiger partial charge on any atom is -0.477 e. The van der Waals surface area contributed by atoms with E-state index in [2.05, 4.69) is 26.1 Å². The number of aliphatic carboxylic acids is 1. The Morgan fingerprint density at radius 1 is 1.47 bits per heavy atom. The van der Waals surface area contributed by atoms with Crippen LogP contribution in [0.25, 0.3) is 17.3 Å². The third kappa shape index (κ3) is 2.72. The van der Waals surface area contributed by atoms with E-state index >= 15 is 0 Å². The molecule has 0 spiro atoms. The molecule has 0 fully saturated rings. The van der Waals surface area contributed by atoms with Gasteiger partial charge in [0.2, 0.25) is 0 Å². The minimum atomic E-state index is -1.26. The molecule has 2 N–H and O–H groups in total. The molecule has 2 rings (SSSR count). The maximum Gasteiger partial charge on any atom is 0.346 e. The summed E-state index contributed by atoms with van der Waals surface area (Å²) in [5.74, 6) is -1.26. The van der Waals surface area contributed by atoms with Crippen LogP contribution in [0.1, 0.15) is 5.56 Å². The lowest BCUT2D eigenvalue weighted by molar-refractivity contribution is -0.132. The number of carbonyl (C=O) groups is 1. The molecule has 19 heavy (non-hydrogen) atoms. The van der Waals surface area contributed by atoms with Gasteiger partial charge in [-0.05, 0) is 12.1 Å². The molecule has 0 bridgehead atoms. The van der Waals surface area contributed by atoms with Gasteiger partial charge in [-0.1, -0.05) is 34.1 Å². The highest BCUT2D eigenvalue weighted by Gasteiger charge is 2.12. The average molecular weight is 318 g/mol. The Kier molecular flexibility index (Phi) is 3.78. The summed E-state index contributed by atoms with van der Waals surface area (Å²) in [6, 6.07) is 9.10. The van der Waals surface area contributed by atoms with Crippen molar-refractivity contribution in [3.8, 4) is 17.3 Å². The molecule has 0 unspecified atom stereocenters. The molecule has 0 aliphatic rings. The predicted octanol–water partition coefficient (Wildman–Crippen LogP) is 2.83. The molecule has 6 heteroatoms. The van der Waals surface area contributed by atoms with Crippen molar-refractivity contribution in [2.24, 2.45) is 0 Å². The number of nitrogens with zero attached hydrogens (tertiary/aromatic N) is 2. The number of hydrogen-bond donors (Lipinski definition) is 2. The van der Waals surface area contributed by atoms with Gasteiger partial charge >= 0.3 is 5.97 Å². The van der Waals surface area contributed by atoms with E-state index in [1.165, 1.54) is 12.3 Å². The summed E-state index contributed by atoms with van der Waals surface area (Å²) in [4.78, 5) is 10.8. The number of halogens is 1. The van der Waals surface area contributed by atoms with Crippen molar-refractivity contribution in [3.63, 3.8) is 0 Å². The zero-order valence-corrected chi connectivity index (χ0v) is 11.2. The number of nitrogens with one attached hydrogen (secondary N) is 1. The first-order valence-electron chi connectivity index (χ1n) is 5.27. The van der Waals surface area contributed by atoms with Crippen molar-refractivity contribution in [1.82, 2.24) is 10.2 Å². The summed E-state index contributed by atoms with van der Waals surface area (Å²) in [6.07, 6.45) is 2.77. The summed E-state index contributed by atoms with van der Waals surface area (Å²) in [7, 11) is 0. The van der Waals surface area contributed by atoms with Crippen LogP contribution in [0.3, 0.4) is 0 Å². The van der Waals surface area contributed by atoms with Crippen LogP contribution in [0.15, 0.2) is 40.5 Å². The number of benzene rings is 1. The van der Waals surface area contributed by atoms with E-state index in [1.54, 1.807) is 6.07 Å². The van der Waals surface area contributed by atoms with Gasteiger partial charge in [0.15, 0.2) is 0 Å². The lowest BCUT2D eigenvalue weighted by Crippen LogP contribution is -1.97. The first kappa shape index (κ1) is 13.1. The van der Waals surface area contributed by atoms with E-state index in [0.29, 0.717) is 11.3 Å². The van der Waals surface area contributed by atoms with Gasteiger partial charge < -0.3 is 5.11 Å². The quantitative estimate of drug-likeness (QED) is 0.672. The predicted molar refractivity (Wildman–Crippen MR) is 72.9 cm³/mol. The second kappa shape index (κ2) is 5.50. The second-order valence-corrected chi connectivity index (χ2v) is 4.51. The molecule has 0 aliphatic carbocycles. The normalized spacial score (nSPS) is 11.1. The Balaban J connectivity index is 2.53. The molecule has 2 aromatic rings. The van der Waals surface area contributed by atoms with Crippen molar-refractivity contribution in [2.45, 2.75) is 0 Å². The van der Waals surface area contributed by atoms with Crippen LogP contribution in [0.2, 0.25) is 0 Å².